The van der Waals surface area contributed by atoms with E-state index in [1.165, 1.54) is 24.0 Å². The van der Waals surface area contributed by atoms with Gasteiger partial charge in [-0.3, -0.25) is 4.79 Å². The lowest BCUT2D eigenvalue weighted by atomic mass is 10.0. The lowest BCUT2D eigenvalue weighted by molar-refractivity contribution is -0.119. The van der Waals surface area contributed by atoms with E-state index >= 15 is 0 Å². The van der Waals surface area contributed by atoms with Gasteiger partial charge in [-0.15, -0.1) is 0 Å². The van der Waals surface area contributed by atoms with Crippen molar-refractivity contribution < 1.29 is 4.79 Å². The van der Waals surface area contributed by atoms with E-state index in [9.17, 15) is 4.79 Å². The van der Waals surface area contributed by atoms with Crippen LogP contribution in [0.3, 0.4) is 0 Å². The number of nitrogens with one attached hydrogen (secondary N) is 1. The molecule has 1 amide bonds. The van der Waals surface area contributed by atoms with Crippen LogP contribution in [0.1, 0.15) is 50.7 Å². The van der Waals surface area contributed by atoms with Gasteiger partial charge in [0.1, 0.15) is 0 Å². The molecule has 1 aromatic carbocycles. The maximum Gasteiger partial charge on any atom is 0.228 e. The van der Waals surface area contributed by atoms with Gasteiger partial charge in [-0.1, -0.05) is 24.3 Å². The van der Waals surface area contributed by atoms with Crippen LogP contribution in [0.4, 0.5) is 0 Å². The summed E-state index contributed by atoms with van der Waals surface area (Å²) in [7, 11) is 0. The van der Waals surface area contributed by atoms with Crippen molar-refractivity contribution in [1.29, 1.82) is 0 Å². The number of hydrogen-bond donors (Lipinski definition) is 1. The second kappa shape index (κ2) is 6.23. The number of carbonyl (C=O) groups excluding carboxylic acids is 1. The molecule has 0 saturated heterocycles. The third-order valence-corrected chi connectivity index (χ3v) is 4.51. The number of allylic oxidation sites excluding steroid dienone is 1. The van der Waals surface area contributed by atoms with Crippen LogP contribution in [-0.2, 0) is 11.2 Å². The molecule has 1 aliphatic carbocycles. The summed E-state index contributed by atoms with van der Waals surface area (Å²) in [6.45, 7) is 7.38. The van der Waals surface area contributed by atoms with Crippen molar-refractivity contribution in [2.75, 3.05) is 6.54 Å². The third kappa shape index (κ3) is 4.04. The zero-order valence-electron chi connectivity index (χ0n) is 14.3. The molecule has 2 aliphatic rings. The third-order valence-electron chi connectivity index (χ3n) is 4.51. The Morgan fingerprint density at radius 1 is 1.26 bits per heavy atom. The average Bonchev–Trinajstić information content (AvgIpc) is 3.32. The van der Waals surface area contributed by atoms with Crippen LogP contribution in [0, 0.1) is 0 Å². The molecule has 0 unspecified atom stereocenters. The molecule has 1 heterocycles. The lowest BCUT2D eigenvalue weighted by Gasteiger charge is -2.35. The maximum atomic E-state index is 12.4. The number of nitrogens with zero attached hydrogens (tertiary/aromatic N) is 1. The molecule has 122 valence electrons. The number of amides is 1. The van der Waals surface area contributed by atoms with E-state index in [2.05, 4.69) is 61.5 Å². The van der Waals surface area contributed by atoms with Gasteiger partial charge in [-0.2, -0.15) is 0 Å². The van der Waals surface area contributed by atoms with Crippen LogP contribution < -0.4 is 5.32 Å². The fourth-order valence-electron chi connectivity index (χ4n) is 2.95. The Bertz CT molecular complexity index is 648. The maximum absolute atomic E-state index is 12.4. The molecule has 1 fully saturated rings. The van der Waals surface area contributed by atoms with E-state index in [1.807, 2.05) is 12.1 Å². The van der Waals surface area contributed by atoms with E-state index in [1.54, 1.807) is 0 Å². The first-order chi connectivity index (χ1) is 10.9. The van der Waals surface area contributed by atoms with E-state index in [-0.39, 0.29) is 11.4 Å². The second-order valence-corrected chi connectivity index (χ2v) is 7.50. The van der Waals surface area contributed by atoms with E-state index in [0.717, 1.165) is 12.2 Å². The monoisotopic (exact) mass is 310 g/mol. The average molecular weight is 310 g/mol. The second-order valence-electron chi connectivity index (χ2n) is 7.50. The fraction of sp³-hybridized carbons (Fsp3) is 0.450. The van der Waals surface area contributed by atoms with Gasteiger partial charge in [0.05, 0.1) is 6.42 Å². The summed E-state index contributed by atoms with van der Waals surface area (Å²) >= 11 is 0. The van der Waals surface area contributed by atoms with Gasteiger partial charge in [0.2, 0.25) is 5.91 Å². The first-order valence-corrected chi connectivity index (χ1v) is 8.46. The molecule has 3 heteroatoms. The van der Waals surface area contributed by atoms with Crippen LogP contribution in [0.25, 0.3) is 0 Å². The molecule has 1 aromatic rings. The van der Waals surface area contributed by atoms with Crippen molar-refractivity contribution in [2.45, 2.75) is 51.5 Å². The van der Waals surface area contributed by atoms with Gasteiger partial charge in [0.25, 0.3) is 0 Å². The number of benzene rings is 1. The molecular weight excluding hydrogens is 284 g/mol. The molecule has 1 saturated carbocycles. The molecule has 0 radical (unpaired) electrons. The summed E-state index contributed by atoms with van der Waals surface area (Å²) in [5.41, 5.74) is 3.53. The number of carbonyl (C=O) groups is 1. The van der Waals surface area contributed by atoms with Crippen LogP contribution in [-0.4, -0.2) is 22.9 Å². The fourth-order valence-corrected chi connectivity index (χ4v) is 2.95. The van der Waals surface area contributed by atoms with Crippen molar-refractivity contribution in [2.24, 2.45) is 0 Å². The first-order valence-electron chi connectivity index (χ1n) is 8.46. The van der Waals surface area contributed by atoms with Gasteiger partial charge >= 0.3 is 0 Å². The topological polar surface area (TPSA) is 32.3 Å². The van der Waals surface area contributed by atoms with Crippen LogP contribution in [0.5, 0.6) is 0 Å². The molecule has 0 bridgehead atoms. The van der Waals surface area contributed by atoms with E-state index in [4.69, 9.17) is 0 Å². The minimum absolute atomic E-state index is 0.0678. The van der Waals surface area contributed by atoms with Gasteiger partial charge < -0.3 is 10.2 Å². The summed E-state index contributed by atoms with van der Waals surface area (Å²) in [5.74, 6) is 0.742. The minimum atomic E-state index is 0.0678. The highest BCUT2D eigenvalue weighted by atomic mass is 16.1. The highest BCUT2D eigenvalue weighted by molar-refractivity contribution is 5.81. The van der Waals surface area contributed by atoms with Gasteiger partial charge in [0, 0.05) is 24.0 Å². The van der Waals surface area contributed by atoms with Gasteiger partial charge in [0.15, 0.2) is 0 Å². The SMILES string of the molecule is CC(C)(C)N1C=CC(NC(=O)Cc2ccccc2C2CC2)=CC1. The smallest absolute Gasteiger partial charge is 0.228 e. The highest BCUT2D eigenvalue weighted by Crippen LogP contribution is 2.41. The van der Waals surface area contributed by atoms with Crippen LogP contribution in [0.15, 0.2) is 48.3 Å². The Morgan fingerprint density at radius 2 is 2.00 bits per heavy atom. The van der Waals surface area contributed by atoms with Crippen molar-refractivity contribution in [3.63, 3.8) is 0 Å². The summed E-state index contributed by atoms with van der Waals surface area (Å²) in [4.78, 5) is 14.6. The molecule has 23 heavy (non-hydrogen) atoms. The van der Waals surface area contributed by atoms with E-state index < -0.39 is 0 Å². The van der Waals surface area contributed by atoms with Crippen molar-refractivity contribution in [3.05, 3.63) is 59.4 Å². The van der Waals surface area contributed by atoms with E-state index in [0.29, 0.717) is 12.3 Å². The largest absolute Gasteiger partial charge is 0.369 e. The predicted molar refractivity (Wildman–Crippen MR) is 93.9 cm³/mol. The predicted octanol–water partition coefficient (Wildman–Crippen LogP) is 3.73. The van der Waals surface area contributed by atoms with Crippen LogP contribution >= 0.6 is 0 Å². The molecule has 0 spiro atoms. The first kappa shape index (κ1) is 15.9. The summed E-state index contributed by atoms with van der Waals surface area (Å²) in [6, 6.07) is 8.35. The number of rotatable bonds is 4. The molecule has 0 aromatic heterocycles. The zero-order chi connectivity index (χ0) is 16.4. The van der Waals surface area contributed by atoms with Crippen molar-refractivity contribution in [3.8, 4) is 0 Å². The molecular formula is C20H26N2O. The Kier molecular flexibility index (Phi) is 4.29. The quantitative estimate of drug-likeness (QED) is 0.919. The summed E-state index contributed by atoms with van der Waals surface area (Å²) < 4.78 is 0. The van der Waals surface area contributed by atoms with Gasteiger partial charge in [-0.05, 0) is 62.8 Å². The molecule has 3 nitrogen and oxygen atoms in total. The normalized spacial score (nSPS) is 17.9. The molecule has 0 atom stereocenters. The lowest BCUT2D eigenvalue weighted by Crippen LogP contribution is -2.39. The summed E-state index contributed by atoms with van der Waals surface area (Å²) in [5, 5.41) is 3.03. The Morgan fingerprint density at radius 3 is 2.61 bits per heavy atom. The number of hydrogen-bond acceptors (Lipinski definition) is 2. The molecule has 3 rings (SSSR count). The van der Waals surface area contributed by atoms with Crippen molar-refractivity contribution >= 4 is 5.91 Å². The minimum Gasteiger partial charge on any atom is -0.369 e. The molecule has 1 N–H and O–H groups in total. The van der Waals surface area contributed by atoms with Crippen LogP contribution in [0.2, 0.25) is 0 Å². The highest BCUT2D eigenvalue weighted by Gasteiger charge is 2.26. The Balaban J connectivity index is 1.59. The zero-order valence-corrected chi connectivity index (χ0v) is 14.3. The van der Waals surface area contributed by atoms with Gasteiger partial charge in [-0.25, -0.2) is 0 Å². The standard InChI is InChI=1S/C20H26N2O/c1-20(2,3)22-12-10-17(11-13-22)21-19(23)14-16-6-4-5-7-18(16)15-8-9-15/h4-7,10-12,15H,8-9,13-14H2,1-3H3,(H,21,23). The molecule has 1 aliphatic heterocycles. The summed E-state index contributed by atoms with van der Waals surface area (Å²) in [6.07, 6.45) is 9.11. The Labute approximate surface area is 139 Å². The Hall–Kier alpha value is -2.03. The van der Waals surface area contributed by atoms with Crippen molar-refractivity contribution in [1.82, 2.24) is 10.2 Å².